The zero-order valence-corrected chi connectivity index (χ0v) is 16.7. The lowest BCUT2D eigenvalue weighted by Gasteiger charge is -2.16. The summed E-state index contributed by atoms with van der Waals surface area (Å²) in [6.45, 7) is 5.67. The van der Waals surface area contributed by atoms with Gasteiger partial charge in [-0.25, -0.2) is 9.78 Å². The Hall–Kier alpha value is -2.80. The number of hydrogen-bond donors (Lipinski definition) is 0. The van der Waals surface area contributed by atoms with E-state index in [0.29, 0.717) is 41.5 Å². The van der Waals surface area contributed by atoms with Crippen LogP contribution in [0.5, 0.6) is 0 Å². The van der Waals surface area contributed by atoms with E-state index in [-0.39, 0.29) is 11.7 Å². The third-order valence-corrected chi connectivity index (χ3v) is 5.85. The monoisotopic (exact) mass is 395 g/mol. The second-order valence-electron chi connectivity index (χ2n) is 6.77. The highest BCUT2D eigenvalue weighted by Crippen LogP contribution is 2.23. The van der Waals surface area contributed by atoms with Crippen molar-refractivity contribution < 1.29 is 9.53 Å². The summed E-state index contributed by atoms with van der Waals surface area (Å²) < 4.78 is 6.64. The number of amides is 1. The first-order chi connectivity index (χ1) is 13.5. The topological polar surface area (TPSA) is 64.4 Å². The van der Waals surface area contributed by atoms with Crippen molar-refractivity contribution in [3.05, 3.63) is 63.9 Å². The van der Waals surface area contributed by atoms with Gasteiger partial charge >= 0.3 is 6.09 Å². The molecule has 0 saturated carbocycles. The maximum Gasteiger partial charge on any atom is 0.409 e. The van der Waals surface area contributed by atoms with Crippen molar-refractivity contribution in [2.45, 2.75) is 19.0 Å². The van der Waals surface area contributed by atoms with Gasteiger partial charge in [0.25, 0.3) is 5.56 Å². The number of thioether (sulfide) groups is 1. The van der Waals surface area contributed by atoms with E-state index in [2.05, 4.69) is 0 Å². The van der Waals surface area contributed by atoms with Crippen LogP contribution in [0.1, 0.15) is 11.1 Å². The van der Waals surface area contributed by atoms with Crippen LogP contribution in [0.4, 0.5) is 4.79 Å². The van der Waals surface area contributed by atoms with Crippen LogP contribution >= 0.6 is 11.8 Å². The van der Waals surface area contributed by atoms with Gasteiger partial charge in [0.15, 0.2) is 5.16 Å². The van der Waals surface area contributed by atoms with Gasteiger partial charge in [-0.15, -0.1) is 0 Å². The fourth-order valence-corrected chi connectivity index (χ4v) is 4.15. The van der Waals surface area contributed by atoms with Crippen molar-refractivity contribution in [1.29, 1.82) is 0 Å². The summed E-state index contributed by atoms with van der Waals surface area (Å²) in [6, 6.07) is 13.4. The van der Waals surface area contributed by atoms with E-state index in [9.17, 15) is 9.59 Å². The smallest absolute Gasteiger partial charge is 0.409 e. The molecular formula is C21H21N3O3S. The van der Waals surface area contributed by atoms with Crippen LogP contribution in [0.3, 0.4) is 0 Å². The fourth-order valence-electron chi connectivity index (χ4n) is 3.18. The van der Waals surface area contributed by atoms with Crippen molar-refractivity contribution >= 4 is 28.8 Å². The zero-order valence-electron chi connectivity index (χ0n) is 15.8. The summed E-state index contributed by atoms with van der Waals surface area (Å²) in [7, 11) is 0. The first-order valence-corrected chi connectivity index (χ1v) is 10.2. The van der Waals surface area contributed by atoms with Crippen molar-refractivity contribution in [3.63, 3.8) is 0 Å². The van der Waals surface area contributed by atoms with E-state index in [0.717, 1.165) is 11.3 Å². The first-order valence-electron chi connectivity index (χ1n) is 9.18. The van der Waals surface area contributed by atoms with E-state index in [1.165, 1.54) is 17.3 Å². The number of carbonyl (C=O) groups is 1. The van der Waals surface area contributed by atoms with E-state index < -0.39 is 0 Å². The molecule has 1 fully saturated rings. The van der Waals surface area contributed by atoms with Gasteiger partial charge in [0.2, 0.25) is 0 Å². The molecule has 0 spiro atoms. The molecule has 3 aromatic rings. The lowest BCUT2D eigenvalue weighted by atomic mass is 10.1. The average molecular weight is 395 g/mol. The molecule has 1 saturated heterocycles. The minimum Gasteiger partial charge on any atom is -0.448 e. The van der Waals surface area contributed by atoms with Crippen LogP contribution in [0.25, 0.3) is 16.6 Å². The number of para-hydroxylation sites is 1. The quantitative estimate of drug-likeness (QED) is 0.488. The van der Waals surface area contributed by atoms with Crippen LogP contribution in [-0.4, -0.2) is 46.0 Å². The van der Waals surface area contributed by atoms with Gasteiger partial charge < -0.3 is 9.64 Å². The first kappa shape index (κ1) is 18.6. The largest absolute Gasteiger partial charge is 0.448 e. The van der Waals surface area contributed by atoms with Crippen molar-refractivity contribution in [1.82, 2.24) is 14.5 Å². The van der Waals surface area contributed by atoms with Crippen molar-refractivity contribution in [2.75, 3.05) is 25.4 Å². The molecule has 0 aliphatic carbocycles. The van der Waals surface area contributed by atoms with Gasteiger partial charge in [-0.2, -0.15) is 0 Å². The predicted molar refractivity (Wildman–Crippen MR) is 110 cm³/mol. The molecule has 0 unspecified atom stereocenters. The molecule has 2 heterocycles. The van der Waals surface area contributed by atoms with E-state index in [1.807, 2.05) is 50.2 Å². The highest BCUT2D eigenvalue weighted by molar-refractivity contribution is 7.99. The molecule has 0 N–H and O–H groups in total. The number of ether oxygens (including phenoxy) is 1. The molecule has 28 heavy (non-hydrogen) atoms. The van der Waals surface area contributed by atoms with Gasteiger partial charge in [0, 0.05) is 12.3 Å². The number of carbonyl (C=O) groups excluding carboxylic acids is 1. The lowest BCUT2D eigenvalue weighted by molar-refractivity contribution is 0.160. The highest BCUT2D eigenvalue weighted by Gasteiger charge is 2.22. The third kappa shape index (κ3) is 3.49. The second-order valence-corrected chi connectivity index (χ2v) is 7.83. The van der Waals surface area contributed by atoms with Crippen molar-refractivity contribution in [2.24, 2.45) is 0 Å². The number of hydrogen-bond acceptors (Lipinski definition) is 5. The summed E-state index contributed by atoms with van der Waals surface area (Å²) in [5.41, 5.74) is 3.68. The number of fused-ring (bicyclic) bond motifs is 1. The molecule has 1 aliphatic rings. The van der Waals surface area contributed by atoms with Crippen LogP contribution in [0.2, 0.25) is 0 Å². The molecule has 2 aromatic carbocycles. The molecular weight excluding hydrogens is 374 g/mol. The van der Waals surface area contributed by atoms with Crippen LogP contribution < -0.4 is 5.56 Å². The molecule has 144 valence electrons. The summed E-state index contributed by atoms with van der Waals surface area (Å²) >= 11 is 1.47. The minimum absolute atomic E-state index is 0.0862. The molecule has 7 heteroatoms. The number of nitrogens with zero attached hydrogens (tertiary/aromatic N) is 3. The fraction of sp³-hybridized carbons (Fsp3) is 0.286. The number of benzene rings is 2. The minimum atomic E-state index is -0.279. The van der Waals surface area contributed by atoms with Gasteiger partial charge in [0.1, 0.15) is 6.61 Å². The summed E-state index contributed by atoms with van der Waals surface area (Å²) in [5, 5.41) is 1.22. The Kier molecular flexibility index (Phi) is 5.09. The number of aromatic nitrogens is 2. The zero-order chi connectivity index (χ0) is 19.7. The number of aryl methyl sites for hydroxylation is 2. The average Bonchev–Trinajstić information content (AvgIpc) is 3.09. The Morgan fingerprint density at radius 2 is 1.93 bits per heavy atom. The standard InChI is InChI=1S/C21H21N3O3S/c1-14-7-8-16(13-15(14)2)24-19(25)17-5-3-4-6-18(17)22-20(24)28-12-10-23-9-11-27-21(23)26/h3-8,13H,9-12H2,1-2H3. The van der Waals surface area contributed by atoms with Crippen LogP contribution in [-0.2, 0) is 4.74 Å². The maximum absolute atomic E-state index is 13.2. The predicted octanol–water partition coefficient (Wildman–Crippen LogP) is 3.55. The Morgan fingerprint density at radius 1 is 1.11 bits per heavy atom. The van der Waals surface area contributed by atoms with E-state index in [4.69, 9.17) is 9.72 Å². The normalized spacial score (nSPS) is 13.9. The Bertz CT molecular complexity index is 1110. The Balaban J connectivity index is 1.73. The van der Waals surface area contributed by atoms with Gasteiger partial charge in [-0.3, -0.25) is 9.36 Å². The molecule has 0 atom stereocenters. The summed E-state index contributed by atoms with van der Waals surface area (Å²) in [4.78, 5) is 31.3. The van der Waals surface area contributed by atoms with E-state index in [1.54, 1.807) is 15.5 Å². The summed E-state index contributed by atoms with van der Waals surface area (Å²) in [5.74, 6) is 0.630. The molecule has 1 aromatic heterocycles. The van der Waals surface area contributed by atoms with E-state index >= 15 is 0 Å². The maximum atomic E-state index is 13.2. The van der Waals surface area contributed by atoms with Gasteiger partial charge in [-0.1, -0.05) is 30.0 Å². The molecule has 4 rings (SSSR count). The van der Waals surface area contributed by atoms with Crippen molar-refractivity contribution in [3.8, 4) is 5.69 Å². The van der Waals surface area contributed by atoms with Crippen LogP contribution in [0.15, 0.2) is 52.4 Å². The lowest BCUT2D eigenvalue weighted by Crippen LogP contribution is -2.27. The second kappa shape index (κ2) is 7.67. The summed E-state index contributed by atoms with van der Waals surface area (Å²) in [6.07, 6.45) is -0.279. The SMILES string of the molecule is Cc1ccc(-n2c(SCCN3CCOC3=O)nc3ccccc3c2=O)cc1C. The number of cyclic esters (lactones) is 1. The molecule has 0 bridgehead atoms. The third-order valence-electron chi connectivity index (χ3n) is 4.93. The Labute approximate surface area is 167 Å². The van der Waals surface area contributed by atoms with Crippen LogP contribution in [0, 0.1) is 13.8 Å². The van der Waals surface area contributed by atoms with Gasteiger partial charge in [-0.05, 0) is 49.2 Å². The van der Waals surface area contributed by atoms with Gasteiger partial charge in [0.05, 0.1) is 23.1 Å². The number of rotatable bonds is 5. The highest BCUT2D eigenvalue weighted by atomic mass is 32.2. The molecule has 0 radical (unpaired) electrons. The molecule has 1 aliphatic heterocycles. The molecule has 1 amide bonds. The Morgan fingerprint density at radius 3 is 2.68 bits per heavy atom. The molecule has 6 nitrogen and oxygen atoms in total.